The number of carbonyl (C=O) groups excluding carboxylic acids is 1. The van der Waals surface area contributed by atoms with Crippen molar-refractivity contribution >= 4 is 17.6 Å². The average Bonchev–Trinajstić information content (AvgIpc) is 3.19. The van der Waals surface area contributed by atoms with Gasteiger partial charge in [-0.3, -0.25) is 4.79 Å². The van der Waals surface area contributed by atoms with Crippen molar-refractivity contribution < 1.29 is 4.79 Å². The molecule has 6 nitrogen and oxygen atoms in total. The Labute approximate surface area is 175 Å². The molecule has 0 unspecified atom stereocenters. The van der Waals surface area contributed by atoms with E-state index >= 15 is 0 Å². The van der Waals surface area contributed by atoms with Gasteiger partial charge in [0, 0.05) is 31.7 Å². The molecular weight excluding hydrogens is 362 g/mol. The summed E-state index contributed by atoms with van der Waals surface area (Å²) < 4.78 is 0. The first-order chi connectivity index (χ1) is 14.2. The maximum absolute atomic E-state index is 11.9. The van der Waals surface area contributed by atoms with Gasteiger partial charge in [-0.25, -0.2) is 4.99 Å². The highest BCUT2D eigenvalue weighted by atomic mass is 16.2. The van der Waals surface area contributed by atoms with Gasteiger partial charge in [-0.05, 0) is 75.9 Å². The SMILES string of the molecule is CCNC(=NCc1ccc(N2CCCC2=O)cc1)NCCC1CCN(CC)CC1. The van der Waals surface area contributed by atoms with Gasteiger partial charge < -0.3 is 20.4 Å². The Hall–Kier alpha value is -2.08. The third-order valence-corrected chi connectivity index (χ3v) is 6.08. The predicted molar refractivity (Wildman–Crippen MR) is 120 cm³/mol. The fraction of sp³-hybridized carbons (Fsp3) is 0.652. The fourth-order valence-electron chi connectivity index (χ4n) is 4.20. The van der Waals surface area contributed by atoms with E-state index in [1.54, 1.807) is 0 Å². The van der Waals surface area contributed by atoms with Crippen LogP contribution in [0.5, 0.6) is 0 Å². The van der Waals surface area contributed by atoms with Crippen LogP contribution in [-0.4, -0.2) is 56.0 Å². The maximum Gasteiger partial charge on any atom is 0.227 e. The Balaban J connectivity index is 1.45. The number of benzene rings is 1. The topological polar surface area (TPSA) is 60.0 Å². The zero-order chi connectivity index (χ0) is 20.5. The van der Waals surface area contributed by atoms with E-state index in [1.165, 1.54) is 38.9 Å². The molecule has 29 heavy (non-hydrogen) atoms. The molecule has 0 aliphatic carbocycles. The number of hydrogen-bond donors (Lipinski definition) is 2. The summed E-state index contributed by atoms with van der Waals surface area (Å²) in [7, 11) is 0. The van der Waals surface area contributed by atoms with E-state index in [0.29, 0.717) is 13.0 Å². The third-order valence-electron chi connectivity index (χ3n) is 6.08. The van der Waals surface area contributed by atoms with E-state index in [2.05, 4.69) is 41.5 Å². The summed E-state index contributed by atoms with van der Waals surface area (Å²) in [4.78, 5) is 21.0. The number of piperidine rings is 1. The highest BCUT2D eigenvalue weighted by molar-refractivity contribution is 5.95. The van der Waals surface area contributed by atoms with E-state index in [4.69, 9.17) is 4.99 Å². The number of rotatable bonds is 8. The molecule has 2 fully saturated rings. The van der Waals surface area contributed by atoms with Gasteiger partial charge in [0.2, 0.25) is 5.91 Å². The zero-order valence-electron chi connectivity index (χ0n) is 18.1. The van der Waals surface area contributed by atoms with E-state index in [-0.39, 0.29) is 5.91 Å². The van der Waals surface area contributed by atoms with Gasteiger partial charge in [-0.2, -0.15) is 0 Å². The van der Waals surface area contributed by atoms with Crippen molar-refractivity contribution in [1.82, 2.24) is 15.5 Å². The molecule has 0 atom stereocenters. The Morgan fingerprint density at radius 1 is 1.10 bits per heavy atom. The Kier molecular flexibility index (Phi) is 8.35. The van der Waals surface area contributed by atoms with Crippen molar-refractivity contribution in [2.75, 3.05) is 44.2 Å². The molecular formula is C23H37N5O. The molecule has 2 aliphatic heterocycles. The van der Waals surface area contributed by atoms with Crippen LogP contribution in [0.3, 0.4) is 0 Å². The fourth-order valence-corrected chi connectivity index (χ4v) is 4.20. The molecule has 160 valence electrons. The van der Waals surface area contributed by atoms with Gasteiger partial charge in [-0.1, -0.05) is 19.1 Å². The molecule has 2 aliphatic rings. The van der Waals surface area contributed by atoms with Crippen LogP contribution in [0.1, 0.15) is 51.5 Å². The maximum atomic E-state index is 11.9. The van der Waals surface area contributed by atoms with Crippen molar-refractivity contribution in [2.24, 2.45) is 10.9 Å². The van der Waals surface area contributed by atoms with Crippen LogP contribution in [0.4, 0.5) is 5.69 Å². The Morgan fingerprint density at radius 2 is 1.86 bits per heavy atom. The van der Waals surface area contributed by atoms with Gasteiger partial charge in [0.25, 0.3) is 0 Å². The number of nitrogens with zero attached hydrogens (tertiary/aromatic N) is 3. The second-order valence-corrected chi connectivity index (χ2v) is 8.10. The minimum atomic E-state index is 0.231. The molecule has 1 amide bonds. The number of likely N-dealkylation sites (tertiary alicyclic amines) is 1. The van der Waals surface area contributed by atoms with E-state index in [9.17, 15) is 4.79 Å². The standard InChI is InChI=1S/C23H37N5O/c1-3-24-23(25-14-11-19-12-16-27(4-2)17-13-19)26-18-20-7-9-21(10-8-20)28-15-5-6-22(28)29/h7-10,19H,3-6,11-18H2,1-2H3,(H2,24,25,26). The summed E-state index contributed by atoms with van der Waals surface area (Å²) >= 11 is 0. The monoisotopic (exact) mass is 399 g/mol. The van der Waals surface area contributed by atoms with Crippen molar-refractivity contribution in [1.29, 1.82) is 0 Å². The first kappa shape index (κ1) is 21.6. The second kappa shape index (κ2) is 11.2. The van der Waals surface area contributed by atoms with Gasteiger partial charge in [0.15, 0.2) is 5.96 Å². The largest absolute Gasteiger partial charge is 0.357 e. The lowest BCUT2D eigenvalue weighted by atomic mass is 9.93. The van der Waals surface area contributed by atoms with Crippen LogP contribution in [0.25, 0.3) is 0 Å². The van der Waals surface area contributed by atoms with Crippen LogP contribution in [0.15, 0.2) is 29.3 Å². The molecule has 0 spiro atoms. The number of nitrogens with one attached hydrogen (secondary N) is 2. The van der Waals surface area contributed by atoms with Crippen LogP contribution >= 0.6 is 0 Å². The third kappa shape index (κ3) is 6.46. The summed E-state index contributed by atoms with van der Waals surface area (Å²) in [6.07, 6.45) is 5.46. The normalized spacial score (nSPS) is 19.0. The molecule has 6 heteroatoms. The number of carbonyl (C=O) groups is 1. The molecule has 1 aromatic carbocycles. The molecule has 3 rings (SSSR count). The summed E-state index contributed by atoms with van der Waals surface area (Å²) in [6.45, 7) is 11.3. The molecule has 1 aromatic rings. The molecule has 2 saturated heterocycles. The first-order valence-corrected chi connectivity index (χ1v) is 11.3. The summed E-state index contributed by atoms with van der Waals surface area (Å²) in [5, 5.41) is 6.84. The molecule has 2 heterocycles. The van der Waals surface area contributed by atoms with Crippen molar-refractivity contribution in [3.63, 3.8) is 0 Å². The van der Waals surface area contributed by atoms with Crippen LogP contribution < -0.4 is 15.5 Å². The lowest BCUT2D eigenvalue weighted by molar-refractivity contribution is -0.117. The smallest absolute Gasteiger partial charge is 0.227 e. The lowest BCUT2D eigenvalue weighted by Crippen LogP contribution is -2.39. The van der Waals surface area contributed by atoms with Crippen LogP contribution in [-0.2, 0) is 11.3 Å². The Bertz CT molecular complexity index is 664. The number of amides is 1. The van der Waals surface area contributed by atoms with Crippen molar-refractivity contribution in [2.45, 2.75) is 52.5 Å². The minimum Gasteiger partial charge on any atom is -0.357 e. The van der Waals surface area contributed by atoms with E-state index in [1.807, 2.05) is 17.0 Å². The zero-order valence-corrected chi connectivity index (χ0v) is 18.1. The first-order valence-electron chi connectivity index (χ1n) is 11.3. The van der Waals surface area contributed by atoms with Crippen LogP contribution in [0.2, 0.25) is 0 Å². The van der Waals surface area contributed by atoms with Gasteiger partial charge in [0.05, 0.1) is 6.54 Å². The molecule has 0 aromatic heterocycles. The average molecular weight is 400 g/mol. The van der Waals surface area contributed by atoms with E-state index < -0.39 is 0 Å². The molecule has 0 saturated carbocycles. The number of hydrogen-bond acceptors (Lipinski definition) is 3. The minimum absolute atomic E-state index is 0.231. The van der Waals surface area contributed by atoms with Gasteiger partial charge in [-0.15, -0.1) is 0 Å². The van der Waals surface area contributed by atoms with Gasteiger partial charge in [0.1, 0.15) is 0 Å². The quantitative estimate of drug-likeness (QED) is 0.521. The summed E-state index contributed by atoms with van der Waals surface area (Å²) in [5.74, 6) is 1.95. The Morgan fingerprint density at radius 3 is 2.48 bits per heavy atom. The molecule has 2 N–H and O–H groups in total. The van der Waals surface area contributed by atoms with Gasteiger partial charge >= 0.3 is 0 Å². The molecule has 0 radical (unpaired) electrons. The van der Waals surface area contributed by atoms with E-state index in [0.717, 1.165) is 49.2 Å². The lowest BCUT2D eigenvalue weighted by Gasteiger charge is -2.31. The summed E-state index contributed by atoms with van der Waals surface area (Å²) in [6, 6.07) is 8.24. The highest BCUT2D eigenvalue weighted by Crippen LogP contribution is 2.22. The second-order valence-electron chi connectivity index (χ2n) is 8.10. The highest BCUT2D eigenvalue weighted by Gasteiger charge is 2.21. The summed E-state index contributed by atoms with van der Waals surface area (Å²) in [5.41, 5.74) is 2.16. The van der Waals surface area contributed by atoms with Crippen LogP contribution in [0, 0.1) is 5.92 Å². The van der Waals surface area contributed by atoms with Crippen molar-refractivity contribution in [3.05, 3.63) is 29.8 Å². The van der Waals surface area contributed by atoms with Crippen molar-refractivity contribution in [3.8, 4) is 0 Å². The number of guanidine groups is 1. The predicted octanol–water partition coefficient (Wildman–Crippen LogP) is 2.99. The molecule has 0 bridgehead atoms. The number of aliphatic imine (C=N–C) groups is 1. The number of anilines is 1.